The molecule has 0 fully saturated rings. The third-order valence-electron chi connectivity index (χ3n) is 3.13. The highest BCUT2D eigenvalue weighted by Gasteiger charge is 2.18. The second-order valence-electron chi connectivity index (χ2n) is 4.26. The lowest BCUT2D eigenvalue weighted by atomic mass is 10.2. The Balaban J connectivity index is 2.40. The van der Waals surface area contributed by atoms with Crippen LogP contribution >= 0.6 is 0 Å². The van der Waals surface area contributed by atoms with E-state index in [1.165, 1.54) is 0 Å². The first-order valence-electron chi connectivity index (χ1n) is 6.46. The van der Waals surface area contributed by atoms with Crippen molar-refractivity contribution in [2.24, 2.45) is 0 Å². The number of aromatic nitrogens is 2. The second kappa shape index (κ2) is 6.38. The molecule has 0 saturated carbocycles. The lowest BCUT2D eigenvalue weighted by Crippen LogP contribution is -2.15. The molecular weight excluding hydrogens is 258 g/mol. The van der Waals surface area contributed by atoms with Crippen LogP contribution in [0.5, 0.6) is 11.5 Å². The van der Waals surface area contributed by atoms with Crippen LogP contribution in [0.1, 0.15) is 25.3 Å². The van der Waals surface area contributed by atoms with E-state index < -0.39 is 0 Å². The molecule has 0 saturated heterocycles. The van der Waals surface area contributed by atoms with Gasteiger partial charge in [-0.3, -0.25) is 0 Å². The molecule has 0 bridgehead atoms. The summed E-state index contributed by atoms with van der Waals surface area (Å²) in [6.45, 7) is 2.05. The molecule has 1 aromatic heterocycles. The van der Waals surface area contributed by atoms with Gasteiger partial charge in [-0.25, -0.2) is 0 Å². The largest absolute Gasteiger partial charge is 0.497 e. The fraction of sp³-hybridized carbons (Fsp3) is 0.429. The standard InChI is InChI=1S/C14H19N3O3/c1-5-11(15-2)14-17-16-13(20-14)10-8-9(18-3)6-7-12(10)19-4/h6-8,11,15H,5H2,1-4H3. The second-order valence-corrected chi connectivity index (χ2v) is 4.26. The molecule has 0 spiro atoms. The first kappa shape index (κ1) is 14.3. The van der Waals surface area contributed by atoms with Gasteiger partial charge in [0.25, 0.3) is 5.89 Å². The van der Waals surface area contributed by atoms with Gasteiger partial charge in [-0.1, -0.05) is 6.92 Å². The van der Waals surface area contributed by atoms with E-state index in [-0.39, 0.29) is 6.04 Å². The summed E-state index contributed by atoms with van der Waals surface area (Å²) in [5.41, 5.74) is 0.719. The molecule has 1 aromatic carbocycles. The molecular formula is C14H19N3O3. The predicted octanol–water partition coefficient (Wildman–Crippen LogP) is 2.42. The first-order chi connectivity index (χ1) is 9.73. The number of methoxy groups -OCH3 is 2. The zero-order valence-electron chi connectivity index (χ0n) is 12.1. The Labute approximate surface area is 118 Å². The fourth-order valence-electron chi connectivity index (χ4n) is 1.97. The molecule has 2 aromatic rings. The lowest BCUT2D eigenvalue weighted by molar-refractivity contribution is 0.397. The van der Waals surface area contributed by atoms with Crippen molar-refractivity contribution < 1.29 is 13.9 Å². The van der Waals surface area contributed by atoms with E-state index in [0.29, 0.717) is 23.3 Å². The van der Waals surface area contributed by atoms with Crippen molar-refractivity contribution in [1.29, 1.82) is 0 Å². The van der Waals surface area contributed by atoms with Crippen molar-refractivity contribution in [3.63, 3.8) is 0 Å². The monoisotopic (exact) mass is 277 g/mol. The molecule has 0 aliphatic rings. The van der Waals surface area contributed by atoms with Crippen LogP contribution in [0.15, 0.2) is 22.6 Å². The minimum absolute atomic E-state index is 0.0489. The van der Waals surface area contributed by atoms with Gasteiger partial charge in [0.2, 0.25) is 5.89 Å². The first-order valence-corrected chi connectivity index (χ1v) is 6.46. The topological polar surface area (TPSA) is 69.4 Å². The molecule has 6 nitrogen and oxygen atoms in total. The van der Waals surface area contributed by atoms with Gasteiger partial charge >= 0.3 is 0 Å². The Bertz CT molecular complexity index is 565. The number of nitrogens with one attached hydrogen (secondary N) is 1. The smallest absolute Gasteiger partial charge is 0.251 e. The minimum Gasteiger partial charge on any atom is -0.497 e. The van der Waals surface area contributed by atoms with Gasteiger partial charge in [-0.05, 0) is 31.7 Å². The molecule has 20 heavy (non-hydrogen) atoms. The molecule has 1 N–H and O–H groups in total. The van der Waals surface area contributed by atoms with Crippen LogP contribution in [-0.4, -0.2) is 31.5 Å². The number of hydrogen-bond donors (Lipinski definition) is 1. The normalized spacial score (nSPS) is 12.2. The van der Waals surface area contributed by atoms with Gasteiger partial charge in [0.05, 0.1) is 25.8 Å². The third-order valence-corrected chi connectivity index (χ3v) is 3.13. The fourth-order valence-corrected chi connectivity index (χ4v) is 1.97. The van der Waals surface area contributed by atoms with Crippen molar-refractivity contribution in [2.75, 3.05) is 21.3 Å². The zero-order chi connectivity index (χ0) is 14.5. The number of nitrogens with zero attached hydrogens (tertiary/aromatic N) is 2. The van der Waals surface area contributed by atoms with Gasteiger partial charge in [-0.15, -0.1) is 10.2 Å². The average molecular weight is 277 g/mol. The SMILES string of the molecule is CCC(NC)c1nnc(-c2cc(OC)ccc2OC)o1. The quantitative estimate of drug-likeness (QED) is 0.874. The van der Waals surface area contributed by atoms with E-state index >= 15 is 0 Å². The molecule has 1 atom stereocenters. The van der Waals surface area contributed by atoms with E-state index in [0.717, 1.165) is 12.0 Å². The summed E-state index contributed by atoms with van der Waals surface area (Å²) in [4.78, 5) is 0. The molecule has 1 unspecified atom stereocenters. The zero-order valence-corrected chi connectivity index (χ0v) is 12.1. The molecule has 0 aliphatic heterocycles. The highest BCUT2D eigenvalue weighted by molar-refractivity contribution is 5.64. The van der Waals surface area contributed by atoms with Crippen molar-refractivity contribution in [3.8, 4) is 23.0 Å². The van der Waals surface area contributed by atoms with Gasteiger partial charge < -0.3 is 19.2 Å². The molecule has 6 heteroatoms. The van der Waals surface area contributed by atoms with E-state index in [4.69, 9.17) is 13.9 Å². The van der Waals surface area contributed by atoms with Crippen molar-refractivity contribution in [2.45, 2.75) is 19.4 Å². The average Bonchev–Trinajstić information content (AvgIpc) is 2.97. The molecule has 0 radical (unpaired) electrons. The van der Waals surface area contributed by atoms with Gasteiger partial charge in [-0.2, -0.15) is 0 Å². The van der Waals surface area contributed by atoms with Crippen LogP contribution in [0, 0.1) is 0 Å². The molecule has 1 heterocycles. The van der Waals surface area contributed by atoms with Crippen LogP contribution in [0.3, 0.4) is 0 Å². The van der Waals surface area contributed by atoms with Gasteiger partial charge in [0.1, 0.15) is 11.5 Å². The summed E-state index contributed by atoms with van der Waals surface area (Å²) in [6.07, 6.45) is 0.868. The minimum atomic E-state index is 0.0489. The summed E-state index contributed by atoms with van der Waals surface area (Å²) in [7, 11) is 5.08. The highest BCUT2D eigenvalue weighted by atomic mass is 16.5. The van der Waals surface area contributed by atoms with E-state index in [1.807, 2.05) is 25.2 Å². The molecule has 0 aliphatic carbocycles. The van der Waals surface area contributed by atoms with Crippen molar-refractivity contribution in [1.82, 2.24) is 15.5 Å². The summed E-state index contributed by atoms with van der Waals surface area (Å²) in [6, 6.07) is 5.50. The summed E-state index contributed by atoms with van der Waals surface area (Å²) in [5.74, 6) is 2.36. The van der Waals surface area contributed by atoms with Crippen LogP contribution in [-0.2, 0) is 0 Å². The maximum atomic E-state index is 5.74. The maximum absolute atomic E-state index is 5.74. The van der Waals surface area contributed by atoms with Crippen LogP contribution in [0.25, 0.3) is 11.5 Å². The van der Waals surface area contributed by atoms with Crippen molar-refractivity contribution in [3.05, 3.63) is 24.1 Å². The van der Waals surface area contributed by atoms with E-state index in [2.05, 4.69) is 22.4 Å². The third kappa shape index (κ3) is 2.75. The Morgan fingerprint density at radius 2 is 2.05 bits per heavy atom. The van der Waals surface area contributed by atoms with Crippen LogP contribution in [0.4, 0.5) is 0 Å². The van der Waals surface area contributed by atoms with Crippen LogP contribution < -0.4 is 14.8 Å². The molecule has 0 amide bonds. The summed E-state index contributed by atoms with van der Waals surface area (Å²) >= 11 is 0. The van der Waals surface area contributed by atoms with Crippen molar-refractivity contribution >= 4 is 0 Å². The van der Waals surface area contributed by atoms with Gasteiger partial charge in [0, 0.05) is 0 Å². The predicted molar refractivity (Wildman–Crippen MR) is 74.9 cm³/mol. The number of hydrogen-bond acceptors (Lipinski definition) is 6. The van der Waals surface area contributed by atoms with E-state index in [1.54, 1.807) is 14.2 Å². The Morgan fingerprint density at radius 3 is 2.65 bits per heavy atom. The highest BCUT2D eigenvalue weighted by Crippen LogP contribution is 2.33. The lowest BCUT2D eigenvalue weighted by Gasteiger charge is -2.08. The number of ether oxygens (including phenoxy) is 2. The number of benzene rings is 1. The van der Waals surface area contributed by atoms with Gasteiger partial charge in [0.15, 0.2) is 0 Å². The Kier molecular flexibility index (Phi) is 4.57. The Morgan fingerprint density at radius 1 is 1.25 bits per heavy atom. The summed E-state index contributed by atoms with van der Waals surface area (Å²) < 4.78 is 16.3. The maximum Gasteiger partial charge on any atom is 0.251 e. The molecule has 108 valence electrons. The van der Waals surface area contributed by atoms with E-state index in [9.17, 15) is 0 Å². The number of rotatable bonds is 6. The van der Waals surface area contributed by atoms with Crippen LogP contribution in [0.2, 0.25) is 0 Å². The molecule has 2 rings (SSSR count). The summed E-state index contributed by atoms with van der Waals surface area (Å²) in [5, 5.41) is 11.3. The Hall–Kier alpha value is -2.08.